The van der Waals surface area contributed by atoms with E-state index in [1.54, 1.807) is 31.2 Å². The molecule has 1 unspecified atom stereocenters. The number of aryl methyl sites for hydroxylation is 1. The summed E-state index contributed by atoms with van der Waals surface area (Å²) in [5, 5.41) is 12.9. The molecule has 0 saturated heterocycles. The quantitative estimate of drug-likeness (QED) is 0.396. The fraction of sp³-hybridized carbons (Fsp3) is 0.296. The molecule has 0 amide bonds. The van der Waals surface area contributed by atoms with Crippen molar-refractivity contribution in [3.05, 3.63) is 94.0 Å². The first kappa shape index (κ1) is 26.4. The summed E-state index contributed by atoms with van der Waals surface area (Å²) in [6.45, 7) is 2.77. The van der Waals surface area contributed by atoms with Gasteiger partial charge in [-0.15, -0.1) is 12.4 Å². The molecule has 5 nitrogen and oxygen atoms in total. The number of carboxylic acid groups (broad SMARTS) is 1. The molecule has 1 aliphatic rings. The Bertz CT molecular complexity index is 1200. The summed E-state index contributed by atoms with van der Waals surface area (Å²) < 4.78 is 40.1. The van der Waals surface area contributed by atoms with E-state index in [1.807, 2.05) is 24.3 Å². The number of benzene rings is 3. The largest absolute Gasteiger partial charge is 0.494 e. The SMILES string of the molecule is COc1cc(CCNC[C@H]2CC(c3ccc(C)c(C(=O)O)c3F)c3ccccc3O2)ccc1F.Cl. The fourth-order valence-electron chi connectivity index (χ4n) is 4.49. The van der Waals surface area contributed by atoms with Crippen molar-refractivity contribution in [2.24, 2.45) is 0 Å². The first-order valence-electron chi connectivity index (χ1n) is 11.2. The third-order valence-corrected chi connectivity index (χ3v) is 6.23. The molecule has 186 valence electrons. The van der Waals surface area contributed by atoms with Gasteiger partial charge in [-0.1, -0.05) is 36.4 Å². The maximum Gasteiger partial charge on any atom is 0.338 e. The van der Waals surface area contributed by atoms with Crippen LogP contribution in [0, 0.1) is 18.6 Å². The van der Waals surface area contributed by atoms with Crippen LogP contribution in [0.5, 0.6) is 11.5 Å². The van der Waals surface area contributed by atoms with Crippen LogP contribution in [0.25, 0.3) is 0 Å². The van der Waals surface area contributed by atoms with Crippen molar-refractivity contribution in [2.45, 2.75) is 31.8 Å². The Labute approximate surface area is 209 Å². The molecule has 2 N–H and O–H groups in total. The monoisotopic (exact) mass is 503 g/mol. The van der Waals surface area contributed by atoms with Gasteiger partial charge >= 0.3 is 5.97 Å². The highest BCUT2D eigenvalue weighted by atomic mass is 35.5. The highest BCUT2D eigenvalue weighted by Crippen LogP contribution is 2.41. The van der Waals surface area contributed by atoms with Crippen LogP contribution >= 0.6 is 12.4 Å². The van der Waals surface area contributed by atoms with Gasteiger partial charge in [-0.2, -0.15) is 0 Å². The number of carbonyl (C=O) groups is 1. The lowest BCUT2D eigenvalue weighted by Crippen LogP contribution is -2.36. The van der Waals surface area contributed by atoms with Gasteiger partial charge in [0.05, 0.1) is 12.7 Å². The number of carboxylic acids is 1. The maximum absolute atomic E-state index is 15.3. The van der Waals surface area contributed by atoms with Crippen LogP contribution in [-0.2, 0) is 6.42 Å². The van der Waals surface area contributed by atoms with Crippen molar-refractivity contribution in [1.29, 1.82) is 0 Å². The Balaban J connectivity index is 0.00000342. The van der Waals surface area contributed by atoms with E-state index in [2.05, 4.69) is 5.32 Å². The molecule has 4 rings (SSSR count). The number of fused-ring (bicyclic) bond motifs is 1. The number of ether oxygens (including phenoxy) is 2. The summed E-state index contributed by atoms with van der Waals surface area (Å²) >= 11 is 0. The van der Waals surface area contributed by atoms with E-state index in [9.17, 15) is 14.3 Å². The van der Waals surface area contributed by atoms with Gasteiger partial charge in [0, 0.05) is 18.0 Å². The molecule has 3 aromatic rings. The average Bonchev–Trinajstić information content (AvgIpc) is 2.82. The van der Waals surface area contributed by atoms with Crippen molar-refractivity contribution in [3.63, 3.8) is 0 Å². The van der Waals surface area contributed by atoms with Gasteiger partial charge in [0.1, 0.15) is 17.7 Å². The first-order valence-corrected chi connectivity index (χ1v) is 11.2. The van der Waals surface area contributed by atoms with Crippen LogP contribution in [-0.4, -0.2) is 37.4 Å². The van der Waals surface area contributed by atoms with Crippen molar-refractivity contribution in [3.8, 4) is 11.5 Å². The van der Waals surface area contributed by atoms with Crippen LogP contribution < -0.4 is 14.8 Å². The highest BCUT2D eigenvalue weighted by Gasteiger charge is 2.32. The molecule has 0 aliphatic carbocycles. The summed E-state index contributed by atoms with van der Waals surface area (Å²) in [5.74, 6) is -1.79. The second-order valence-electron chi connectivity index (χ2n) is 8.45. The van der Waals surface area contributed by atoms with Gasteiger partial charge in [-0.3, -0.25) is 0 Å². The molecule has 35 heavy (non-hydrogen) atoms. The zero-order chi connectivity index (χ0) is 24.2. The molecular weight excluding hydrogens is 476 g/mol. The summed E-state index contributed by atoms with van der Waals surface area (Å²) in [6, 6.07) is 15.6. The molecule has 0 bridgehead atoms. The van der Waals surface area contributed by atoms with E-state index in [1.165, 1.54) is 13.2 Å². The Kier molecular flexibility index (Phi) is 8.70. The topological polar surface area (TPSA) is 67.8 Å². The van der Waals surface area contributed by atoms with Gasteiger partial charge < -0.3 is 19.9 Å². The van der Waals surface area contributed by atoms with Crippen LogP contribution in [0.3, 0.4) is 0 Å². The van der Waals surface area contributed by atoms with Crippen molar-refractivity contribution in [1.82, 2.24) is 5.32 Å². The molecule has 1 aliphatic heterocycles. The van der Waals surface area contributed by atoms with Gasteiger partial charge in [0.2, 0.25) is 0 Å². The molecule has 0 radical (unpaired) electrons. The number of hydrogen-bond donors (Lipinski definition) is 2. The summed E-state index contributed by atoms with van der Waals surface area (Å²) in [5.41, 5.74) is 2.26. The molecule has 3 aromatic carbocycles. The molecule has 2 atom stereocenters. The number of halogens is 3. The van der Waals surface area contributed by atoms with Gasteiger partial charge in [0.25, 0.3) is 0 Å². The summed E-state index contributed by atoms with van der Waals surface area (Å²) in [6.07, 6.45) is 0.961. The van der Waals surface area contributed by atoms with Crippen LogP contribution in [0.2, 0.25) is 0 Å². The standard InChI is InChI=1S/C27H27F2NO4.ClH/c1-16-7-9-20(26(29)25(16)27(31)32)21-14-18(34-23-6-4-3-5-19(21)23)15-30-12-11-17-8-10-22(28)24(13-17)33-2;/h3-10,13,18,21,30H,11-12,14-15H2,1-2H3,(H,31,32);1H/t18-,21?;/m1./s1. The molecule has 0 fully saturated rings. The molecule has 8 heteroatoms. The van der Waals surface area contributed by atoms with E-state index < -0.39 is 17.6 Å². The molecule has 0 aromatic heterocycles. The van der Waals surface area contributed by atoms with Crippen LogP contribution in [0.1, 0.15) is 45.0 Å². The number of methoxy groups -OCH3 is 1. The Morgan fingerprint density at radius 1 is 1.14 bits per heavy atom. The molecule has 1 heterocycles. The lowest BCUT2D eigenvalue weighted by Gasteiger charge is -2.33. The Hall–Kier alpha value is -3.16. The minimum absolute atomic E-state index is 0. The second kappa shape index (κ2) is 11.5. The minimum atomic E-state index is -1.27. The zero-order valence-electron chi connectivity index (χ0n) is 19.5. The second-order valence-corrected chi connectivity index (χ2v) is 8.45. The van der Waals surface area contributed by atoms with E-state index >= 15 is 4.39 Å². The predicted molar refractivity (Wildman–Crippen MR) is 132 cm³/mol. The molecule has 0 spiro atoms. The van der Waals surface area contributed by atoms with Crippen molar-refractivity contribution < 1.29 is 28.2 Å². The third-order valence-electron chi connectivity index (χ3n) is 6.23. The smallest absolute Gasteiger partial charge is 0.338 e. The Morgan fingerprint density at radius 3 is 2.66 bits per heavy atom. The van der Waals surface area contributed by atoms with Crippen molar-refractivity contribution >= 4 is 18.4 Å². The molecule has 0 saturated carbocycles. The summed E-state index contributed by atoms with van der Waals surface area (Å²) in [7, 11) is 1.44. The first-order chi connectivity index (χ1) is 16.4. The van der Waals surface area contributed by atoms with Gasteiger partial charge in [0.15, 0.2) is 11.6 Å². The lowest BCUT2D eigenvalue weighted by atomic mass is 9.82. The summed E-state index contributed by atoms with van der Waals surface area (Å²) in [4.78, 5) is 11.6. The number of nitrogens with one attached hydrogen (secondary N) is 1. The fourth-order valence-corrected chi connectivity index (χ4v) is 4.49. The number of hydrogen-bond acceptors (Lipinski definition) is 4. The van der Waals surface area contributed by atoms with Crippen molar-refractivity contribution in [2.75, 3.05) is 20.2 Å². The van der Waals surface area contributed by atoms with Gasteiger partial charge in [-0.25, -0.2) is 13.6 Å². The number of aromatic carboxylic acids is 1. The lowest BCUT2D eigenvalue weighted by molar-refractivity contribution is 0.0690. The van der Waals surface area contributed by atoms with Gasteiger partial charge in [-0.05, 0) is 61.2 Å². The third kappa shape index (κ3) is 5.74. The zero-order valence-corrected chi connectivity index (χ0v) is 20.3. The molecular formula is C27H28ClF2NO4. The van der Waals surface area contributed by atoms with E-state index in [4.69, 9.17) is 9.47 Å². The van der Waals surface area contributed by atoms with E-state index in [0.29, 0.717) is 42.8 Å². The van der Waals surface area contributed by atoms with E-state index in [-0.39, 0.29) is 35.7 Å². The normalized spacial score (nSPS) is 16.6. The highest BCUT2D eigenvalue weighted by molar-refractivity contribution is 5.90. The minimum Gasteiger partial charge on any atom is -0.494 e. The Morgan fingerprint density at radius 2 is 1.91 bits per heavy atom. The van der Waals surface area contributed by atoms with E-state index in [0.717, 1.165) is 11.1 Å². The predicted octanol–water partition coefficient (Wildman–Crippen LogP) is 5.52. The van der Waals surface area contributed by atoms with Crippen LogP contribution in [0.4, 0.5) is 8.78 Å². The number of para-hydroxylation sites is 1. The number of rotatable bonds is 8. The average molecular weight is 504 g/mol. The maximum atomic E-state index is 15.3. The van der Waals surface area contributed by atoms with Crippen LogP contribution in [0.15, 0.2) is 54.6 Å².